The molecule has 134 valence electrons. The van der Waals surface area contributed by atoms with Crippen molar-refractivity contribution in [2.24, 2.45) is 0 Å². The Morgan fingerprint density at radius 2 is 1.80 bits per heavy atom. The van der Waals surface area contributed by atoms with Crippen LogP contribution < -0.4 is 4.74 Å². The van der Waals surface area contributed by atoms with Gasteiger partial charge in [0.15, 0.2) is 0 Å². The zero-order chi connectivity index (χ0) is 18.2. The molecule has 0 saturated carbocycles. The first kappa shape index (κ1) is 19.2. The van der Waals surface area contributed by atoms with Gasteiger partial charge in [0.05, 0.1) is 6.54 Å². The molecular weight excluding hydrogens is 343 g/mol. The second-order valence-corrected chi connectivity index (χ2v) is 6.32. The molecule has 2 aromatic rings. The van der Waals surface area contributed by atoms with E-state index in [1.165, 1.54) is 11.0 Å². The SMILES string of the molecule is CN(CCOc1ccc(Cl)cc1)CC(=O)N(C)Cc1ccccc1F. The summed E-state index contributed by atoms with van der Waals surface area (Å²) in [4.78, 5) is 15.6. The molecule has 0 N–H and O–H groups in total. The molecule has 0 spiro atoms. The number of rotatable bonds is 8. The van der Waals surface area contributed by atoms with Crippen LogP contribution in [-0.4, -0.2) is 49.5 Å². The molecule has 0 atom stereocenters. The summed E-state index contributed by atoms with van der Waals surface area (Å²) < 4.78 is 19.3. The molecule has 0 aliphatic heterocycles. The Bertz CT molecular complexity index is 694. The predicted molar refractivity (Wildman–Crippen MR) is 97.3 cm³/mol. The molecule has 0 saturated heterocycles. The molecule has 0 radical (unpaired) electrons. The smallest absolute Gasteiger partial charge is 0.236 e. The van der Waals surface area contributed by atoms with Crippen molar-refractivity contribution >= 4 is 17.5 Å². The van der Waals surface area contributed by atoms with Crippen molar-refractivity contribution in [1.82, 2.24) is 9.80 Å². The minimum atomic E-state index is -0.299. The van der Waals surface area contributed by atoms with Gasteiger partial charge >= 0.3 is 0 Å². The van der Waals surface area contributed by atoms with Crippen molar-refractivity contribution in [3.8, 4) is 5.75 Å². The Hall–Kier alpha value is -2.11. The molecule has 25 heavy (non-hydrogen) atoms. The van der Waals surface area contributed by atoms with Crippen LogP contribution in [0.4, 0.5) is 4.39 Å². The van der Waals surface area contributed by atoms with E-state index >= 15 is 0 Å². The third-order valence-corrected chi connectivity index (χ3v) is 4.00. The summed E-state index contributed by atoms with van der Waals surface area (Å²) in [5.74, 6) is 0.366. The summed E-state index contributed by atoms with van der Waals surface area (Å²) in [6, 6.07) is 13.6. The lowest BCUT2D eigenvalue weighted by Crippen LogP contribution is -2.37. The number of amides is 1. The molecular formula is C19H22ClFN2O2. The van der Waals surface area contributed by atoms with Crippen LogP contribution >= 0.6 is 11.6 Å². The van der Waals surface area contributed by atoms with Gasteiger partial charge < -0.3 is 9.64 Å². The van der Waals surface area contributed by atoms with Gasteiger partial charge in [0.2, 0.25) is 5.91 Å². The zero-order valence-corrected chi connectivity index (χ0v) is 15.2. The molecule has 6 heteroatoms. The number of hydrogen-bond donors (Lipinski definition) is 0. The van der Waals surface area contributed by atoms with E-state index in [4.69, 9.17) is 16.3 Å². The maximum atomic E-state index is 13.7. The van der Waals surface area contributed by atoms with E-state index in [9.17, 15) is 9.18 Å². The van der Waals surface area contributed by atoms with Crippen molar-refractivity contribution in [2.75, 3.05) is 33.8 Å². The number of halogens is 2. The number of nitrogens with zero attached hydrogens (tertiary/aromatic N) is 2. The van der Waals surface area contributed by atoms with Crippen molar-refractivity contribution < 1.29 is 13.9 Å². The Labute approximate surface area is 152 Å². The summed E-state index contributed by atoms with van der Waals surface area (Å²) in [7, 11) is 3.52. The summed E-state index contributed by atoms with van der Waals surface area (Å²) in [5.41, 5.74) is 0.507. The topological polar surface area (TPSA) is 32.8 Å². The van der Waals surface area contributed by atoms with Crippen LogP contribution in [0.3, 0.4) is 0 Å². The number of likely N-dealkylation sites (N-methyl/N-ethyl adjacent to an activating group) is 2. The van der Waals surface area contributed by atoms with Crippen molar-refractivity contribution in [3.05, 3.63) is 64.9 Å². The Morgan fingerprint density at radius 1 is 1.12 bits per heavy atom. The fourth-order valence-corrected chi connectivity index (χ4v) is 2.38. The first-order chi connectivity index (χ1) is 12.0. The average Bonchev–Trinajstić information content (AvgIpc) is 2.58. The highest BCUT2D eigenvalue weighted by Gasteiger charge is 2.13. The van der Waals surface area contributed by atoms with Crippen LogP contribution in [0.1, 0.15) is 5.56 Å². The first-order valence-electron chi connectivity index (χ1n) is 8.00. The second-order valence-electron chi connectivity index (χ2n) is 5.88. The van der Waals surface area contributed by atoms with Crippen LogP contribution in [0.5, 0.6) is 5.75 Å². The van der Waals surface area contributed by atoms with E-state index in [0.717, 1.165) is 5.75 Å². The molecule has 0 fully saturated rings. The van der Waals surface area contributed by atoms with Gasteiger partial charge in [0.25, 0.3) is 0 Å². The van der Waals surface area contributed by atoms with E-state index in [1.807, 2.05) is 11.9 Å². The number of benzene rings is 2. The van der Waals surface area contributed by atoms with Crippen LogP contribution in [0, 0.1) is 5.82 Å². The van der Waals surface area contributed by atoms with E-state index in [-0.39, 0.29) is 24.8 Å². The fourth-order valence-electron chi connectivity index (χ4n) is 2.25. The minimum Gasteiger partial charge on any atom is -0.492 e. The number of hydrogen-bond acceptors (Lipinski definition) is 3. The van der Waals surface area contributed by atoms with Gasteiger partial charge in [-0.2, -0.15) is 0 Å². The van der Waals surface area contributed by atoms with Crippen LogP contribution in [0.2, 0.25) is 5.02 Å². The third-order valence-electron chi connectivity index (χ3n) is 3.75. The number of carbonyl (C=O) groups is 1. The Kier molecular flexibility index (Phi) is 7.22. The quantitative estimate of drug-likeness (QED) is 0.719. The number of ether oxygens (including phenoxy) is 1. The van der Waals surface area contributed by atoms with Crippen molar-refractivity contribution in [3.63, 3.8) is 0 Å². The molecule has 4 nitrogen and oxygen atoms in total. The second kappa shape index (κ2) is 9.39. The van der Waals surface area contributed by atoms with Gasteiger partial charge in [-0.15, -0.1) is 0 Å². The van der Waals surface area contributed by atoms with E-state index < -0.39 is 0 Å². The Balaban J connectivity index is 1.73. The lowest BCUT2D eigenvalue weighted by Gasteiger charge is -2.22. The molecule has 1 amide bonds. The van der Waals surface area contributed by atoms with Gasteiger partial charge in [-0.05, 0) is 37.4 Å². The van der Waals surface area contributed by atoms with E-state index in [0.29, 0.717) is 23.7 Å². The van der Waals surface area contributed by atoms with Crippen molar-refractivity contribution in [2.45, 2.75) is 6.54 Å². The predicted octanol–water partition coefficient (Wildman–Crippen LogP) is 3.45. The minimum absolute atomic E-state index is 0.0720. The van der Waals surface area contributed by atoms with Gasteiger partial charge in [-0.3, -0.25) is 9.69 Å². The molecule has 0 unspecified atom stereocenters. The molecule has 2 aromatic carbocycles. The maximum absolute atomic E-state index is 13.7. The normalized spacial score (nSPS) is 10.8. The zero-order valence-electron chi connectivity index (χ0n) is 14.4. The first-order valence-corrected chi connectivity index (χ1v) is 8.38. The largest absolute Gasteiger partial charge is 0.492 e. The molecule has 0 heterocycles. The summed E-state index contributed by atoms with van der Waals surface area (Å²) in [6.45, 7) is 1.56. The summed E-state index contributed by atoms with van der Waals surface area (Å²) in [6.07, 6.45) is 0. The monoisotopic (exact) mass is 364 g/mol. The van der Waals surface area contributed by atoms with Gasteiger partial charge in [0, 0.05) is 30.7 Å². The Morgan fingerprint density at radius 3 is 2.48 bits per heavy atom. The number of carbonyl (C=O) groups excluding carboxylic acids is 1. The fraction of sp³-hybridized carbons (Fsp3) is 0.316. The van der Waals surface area contributed by atoms with Crippen molar-refractivity contribution in [1.29, 1.82) is 0 Å². The molecule has 2 rings (SSSR count). The lowest BCUT2D eigenvalue weighted by atomic mass is 10.2. The van der Waals surface area contributed by atoms with E-state index in [1.54, 1.807) is 49.5 Å². The highest BCUT2D eigenvalue weighted by molar-refractivity contribution is 6.30. The van der Waals surface area contributed by atoms with Crippen LogP contribution in [0.25, 0.3) is 0 Å². The molecule has 0 aliphatic carbocycles. The van der Waals surface area contributed by atoms with Gasteiger partial charge in [-0.25, -0.2) is 4.39 Å². The summed E-state index contributed by atoms with van der Waals surface area (Å²) >= 11 is 5.82. The molecule has 0 aliphatic rings. The molecule has 0 bridgehead atoms. The van der Waals surface area contributed by atoms with Gasteiger partial charge in [-0.1, -0.05) is 29.8 Å². The van der Waals surface area contributed by atoms with Crippen LogP contribution in [0.15, 0.2) is 48.5 Å². The van der Waals surface area contributed by atoms with Gasteiger partial charge in [0.1, 0.15) is 18.2 Å². The average molecular weight is 365 g/mol. The summed E-state index contributed by atoms with van der Waals surface area (Å²) in [5, 5.41) is 0.660. The maximum Gasteiger partial charge on any atom is 0.236 e. The standard InChI is InChI=1S/C19H22ClFN2O2/c1-22(11-12-25-17-9-7-16(20)8-10-17)14-19(24)23(2)13-15-5-3-4-6-18(15)21/h3-10H,11-14H2,1-2H3. The highest BCUT2D eigenvalue weighted by Crippen LogP contribution is 2.15. The molecule has 0 aromatic heterocycles. The van der Waals surface area contributed by atoms with Crippen LogP contribution in [-0.2, 0) is 11.3 Å². The highest BCUT2D eigenvalue weighted by atomic mass is 35.5. The third kappa shape index (κ3) is 6.36. The van der Waals surface area contributed by atoms with E-state index in [2.05, 4.69) is 0 Å². The lowest BCUT2D eigenvalue weighted by molar-refractivity contribution is -0.131.